The van der Waals surface area contributed by atoms with Crippen LogP contribution in [0.2, 0.25) is 0 Å². The zero-order valence-corrected chi connectivity index (χ0v) is 19.9. The normalized spacial score (nSPS) is 15.4. The number of aryl methyl sites for hydroxylation is 2. The molecule has 0 unspecified atom stereocenters. The van der Waals surface area contributed by atoms with Crippen LogP contribution in [0.25, 0.3) is 6.08 Å². The third-order valence-electron chi connectivity index (χ3n) is 5.17. The molecule has 1 heterocycles. The van der Waals surface area contributed by atoms with Gasteiger partial charge in [0.2, 0.25) is 0 Å². The minimum absolute atomic E-state index is 0.0999. The first-order valence-corrected chi connectivity index (χ1v) is 11.5. The van der Waals surface area contributed by atoms with Crippen LogP contribution in [0.3, 0.4) is 0 Å². The van der Waals surface area contributed by atoms with E-state index >= 15 is 0 Å². The van der Waals surface area contributed by atoms with Gasteiger partial charge in [-0.3, -0.25) is 9.59 Å². The van der Waals surface area contributed by atoms with E-state index in [1.807, 2.05) is 50.2 Å². The maximum absolute atomic E-state index is 12.5. The molecule has 4 rings (SSSR count). The van der Waals surface area contributed by atoms with Gasteiger partial charge in [-0.25, -0.2) is 4.99 Å². The molecule has 172 valence electrons. The first kappa shape index (κ1) is 23.3. The number of Topliss-reactive ketones (excluding diaryl/α,β-unsaturated/α-hetero) is 1. The highest BCUT2D eigenvalue weighted by Gasteiger charge is 2.24. The molecule has 0 spiro atoms. The monoisotopic (exact) mass is 472 g/mol. The van der Waals surface area contributed by atoms with Gasteiger partial charge >= 0.3 is 0 Å². The van der Waals surface area contributed by atoms with Gasteiger partial charge in [0.15, 0.2) is 29.1 Å². The topological polar surface area (TPSA) is 77.0 Å². The van der Waals surface area contributed by atoms with Crippen molar-refractivity contribution in [2.24, 2.45) is 4.99 Å². The molecule has 1 fully saturated rings. The van der Waals surface area contributed by atoms with Crippen molar-refractivity contribution in [3.05, 3.63) is 93.9 Å². The third kappa shape index (κ3) is 5.55. The molecule has 1 aliphatic heterocycles. The van der Waals surface area contributed by atoms with Gasteiger partial charge in [0.25, 0.3) is 5.91 Å². The number of carbonyl (C=O) groups excluding carboxylic acids is 2. The third-order valence-corrected chi connectivity index (χ3v) is 6.08. The number of hydrogen-bond acceptors (Lipinski definition) is 6. The van der Waals surface area contributed by atoms with E-state index < -0.39 is 0 Å². The molecule has 0 aromatic heterocycles. The molecule has 0 radical (unpaired) electrons. The van der Waals surface area contributed by atoms with E-state index in [2.05, 4.69) is 16.4 Å². The summed E-state index contributed by atoms with van der Waals surface area (Å²) in [6.45, 7) is 3.92. The number of ketones is 1. The zero-order valence-electron chi connectivity index (χ0n) is 19.1. The number of hydrogen-bond donors (Lipinski definition) is 1. The molecule has 3 aromatic carbocycles. The summed E-state index contributed by atoms with van der Waals surface area (Å²) in [5.74, 6) is 0.599. The largest absolute Gasteiger partial charge is 0.493 e. The van der Waals surface area contributed by atoms with Crippen molar-refractivity contribution >= 4 is 40.4 Å². The van der Waals surface area contributed by atoms with E-state index in [1.54, 1.807) is 30.3 Å². The maximum atomic E-state index is 12.5. The summed E-state index contributed by atoms with van der Waals surface area (Å²) < 4.78 is 11.1. The number of benzene rings is 3. The predicted octanol–water partition coefficient (Wildman–Crippen LogP) is 5.47. The average Bonchev–Trinajstić information content (AvgIpc) is 3.18. The lowest BCUT2D eigenvalue weighted by Gasteiger charge is -2.11. The number of rotatable bonds is 7. The van der Waals surface area contributed by atoms with Crippen molar-refractivity contribution in [1.29, 1.82) is 0 Å². The first-order valence-electron chi connectivity index (χ1n) is 10.7. The van der Waals surface area contributed by atoms with Crippen LogP contribution in [0.15, 0.2) is 76.6 Å². The van der Waals surface area contributed by atoms with Crippen LogP contribution in [-0.4, -0.2) is 30.6 Å². The Morgan fingerprint density at radius 1 is 1.03 bits per heavy atom. The number of amidine groups is 1. The predicted molar refractivity (Wildman–Crippen MR) is 136 cm³/mol. The maximum Gasteiger partial charge on any atom is 0.264 e. The van der Waals surface area contributed by atoms with Crippen LogP contribution in [0.5, 0.6) is 11.5 Å². The molecule has 6 nitrogen and oxygen atoms in total. The second-order valence-electron chi connectivity index (χ2n) is 7.76. The molecule has 1 aliphatic rings. The summed E-state index contributed by atoms with van der Waals surface area (Å²) in [6.07, 6.45) is 1.77. The highest BCUT2D eigenvalue weighted by Crippen LogP contribution is 2.33. The lowest BCUT2D eigenvalue weighted by Crippen LogP contribution is -2.19. The number of amides is 1. The lowest BCUT2D eigenvalue weighted by molar-refractivity contribution is -0.115. The SMILES string of the molecule is COc1cc(C=C2SC(=Nc3ccc(C)cc3C)NC2=O)ccc1OCC(=O)c1ccccc1. The van der Waals surface area contributed by atoms with E-state index in [0.717, 1.165) is 22.4 Å². The van der Waals surface area contributed by atoms with E-state index in [1.165, 1.54) is 18.9 Å². The van der Waals surface area contributed by atoms with Crippen LogP contribution >= 0.6 is 11.8 Å². The number of nitrogens with zero attached hydrogens (tertiary/aromatic N) is 1. The molecule has 0 atom stereocenters. The van der Waals surface area contributed by atoms with E-state index in [4.69, 9.17) is 9.47 Å². The summed E-state index contributed by atoms with van der Waals surface area (Å²) in [6, 6.07) is 20.3. The van der Waals surface area contributed by atoms with Crippen molar-refractivity contribution in [3.63, 3.8) is 0 Å². The van der Waals surface area contributed by atoms with Crippen LogP contribution in [0.4, 0.5) is 5.69 Å². The van der Waals surface area contributed by atoms with Gasteiger partial charge in [0, 0.05) is 5.56 Å². The molecule has 3 aromatic rings. The van der Waals surface area contributed by atoms with Gasteiger partial charge in [-0.2, -0.15) is 0 Å². The standard InChI is InChI=1S/C27H24N2O4S/c1-17-9-11-21(18(2)13-17)28-27-29-26(31)25(34-27)15-19-10-12-23(24(14-19)32-3)33-16-22(30)20-7-5-4-6-8-20/h4-15H,16H2,1-3H3,(H,28,29,31). The molecular weight excluding hydrogens is 448 g/mol. The zero-order chi connectivity index (χ0) is 24.1. The highest BCUT2D eigenvalue weighted by molar-refractivity contribution is 8.18. The number of aliphatic imine (C=N–C) groups is 1. The van der Waals surface area contributed by atoms with Crippen molar-refractivity contribution in [2.45, 2.75) is 13.8 Å². The van der Waals surface area contributed by atoms with Crippen molar-refractivity contribution in [3.8, 4) is 11.5 Å². The second-order valence-corrected chi connectivity index (χ2v) is 8.79. The highest BCUT2D eigenvalue weighted by atomic mass is 32.2. The molecule has 0 bridgehead atoms. The van der Waals surface area contributed by atoms with Crippen molar-refractivity contribution in [1.82, 2.24) is 5.32 Å². The number of carbonyl (C=O) groups is 2. The second kappa shape index (κ2) is 10.4. The van der Waals surface area contributed by atoms with Crippen molar-refractivity contribution < 1.29 is 19.1 Å². The fourth-order valence-corrected chi connectivity index (χ4v) is 4.25. The van der Waals surface area contributed by atoms with Gasteiger partial charge in [-0.1, -0.05) is 54.1 Å². The molecule has 0 aliphatic carbocycles. The molecule has 0 saturated carbocycles. The van der Waals surface area contributed by atoms with Crippen molar-refractivity contribution in [2.75, 3.05) is 13.7 Å². The van der Waals surface area contributed by atoms with Gasteiger partial charge < -0.3 is 14.8 Å². The summed E-state index contributed by atoms with van der Waals surface area (Å²) in [5, 5.41) is 3.35. The van der Waals surface area contributed by atoms with E-state index in [-0.39, 0.29) is 18.3 Å². The molecule has 34 heavy (non-hydrogen) atoms. The molecule has 1 amide bonds. The Labute approximate surface area is 202 Å². The molecule has 1 saturated heterocycles. The molecule has 7 heteroatoms. The summed E-state index contributed by atoms with van der Waals surface area (Å²) in [7, 11) is 1.53. The minimum atomic E-state index is -0.207. The van der Waals surface area contributed by atoms with Crippen LogP contribution in [0, 0.1) is 13.8 Å². The van der Waals surface area contributed by atoms with E-state index in [0.29, 0.717) is 27.1 Å². The van der Waals surface area contributed by atoms with Gasteiger partial charge in [0.05, 0.1) is 17.7 Å². The average molecular weight is 473 g/mol. The van der Waals surface area contributed by atoms with Crippen LogP contribution in [0.1, 0.15) is 27.0 Å². The molecular formula is C27H24N2O4S. The fourth-order valence-electron chi connectivity index (χ4n) is 3.42. The Hall–Kier alpha value is -3.84. The number of nitrogens with one attached hydrogen (secondary N) is 1. The Kier molecular flexibility index (Phi) is 7.13. The quantitative estimate of drug-likeness (QED) is 0.365. The fraction of sp³-hybridized carbons (Fsp3) is 0.148. The first-order chi connectivity index (χ1) is 16.4. The van der Waals surface area contributed by atoms with E-state index in [9.17, 15) is 9.59 Å². The Bertz CT molecular complexity index is 1300. The lowest BCUT2D eigenvalue weighted by atomic mass is 10.1. The van der Waals surface area contributed by atoms with Gasteiger partial charge in [-0.15, -0.1) is 0 Å². The summed E-state index contributed by atoms with van der Waals surface area (Å²) in [5.41, 5.74) is 4.39. The molecule has 1 N–H and O–H groups in total. The summed E-state index contributed by atoms with van der Waals surface area (Å²) >= 11 is 1.28. The van der Waals surface area contributed by atoms with Gasteiger partial charge in [0.1, 0.15) is 0 Å². The number of thioether (sulfide) groups is 1. The van der Waals surface area contributed by atoms with Crippen LogP contribution in [-0.2, 0) is 4.79 Å². The van der Waals surface area contributed by atoms with Gasteiger partial charge in [-0.05, 0) is 61.0 Å². The smallest absolute Gasteiger partial charge is 0.264 e. The number of methoxy groups -OCH3 is 1. The Morgan fingerprint density at radius 3 is 2.56 bits per heavy atom. The minimum Gasteiger partial charge on any atom is -0.493 e. The summed E-state index contributed by atoms with van der Waals surface area (Å²) in [4.78, 5) is 29.9. The number of ether oxygens (including phenoxy) is 2. The van der Waals surface area contributed by atoms with Crippen LogP contribution < -0.4 is 14.8 Å². The Balaban J connectivity index is 1.48. The Morgan fingerprint density at radius 2 is 1.82 bits per heavy atom.